The molecule has 1 heterocycles. The summed E-state index contributed by atoms with van der Waals surface area (Å²) in [5, 5.41) is 23.5. The van der Waals surface area contributed by atoms with Gasteiger partial charge in [0.2, 0.25) is 5.91 Å². The third-order valence-electron chi connectivity index (χ3n) is 3.91. The molecule has 0 aliphatic rings. The Bertz CT molecular complexity index is 1090. The van der Waals surface area contributed by atoms with Gasteiger partial charge in [-0.05, 0) is 29.8 Å². The number of carboxylic acids is 1. The molecule has 146 valence electrons. The molecule has 0 fully saturated rings. The number of nitrogens with one attached hydrogen (secondary N) is 1. The summed E-state index contributed by atoms with van der Waals surface area (Å²) in [7, 11) is 0. The van der Waals surface area contributed by atoms with E-state index in [0.717, 1.165) is 0 Å². The average molecular weight is 393 g/mol. The molecule has 0 atom stereocenters. The van der Waals surface area contributed by atoms with Crippen LogP contribution in [0.3, 0.4) is 0 Å². The van der Waals surface area contributed by atoms with Crippen molar-refractivity contribution >= 4 is 23.8 Å². The van der Waals surface area contributed by atoms with Gasteiger partial charge in [0.25, 0.3) is 5.69 Å². The van der Waals surface area contributed by atoms with Crippen molar-refractivity contribution in [1.29, 1.82) is 0 Å². The summed E-state index contributed by atoms with van der Waals surface area (Å²) in [5.74, 6) is -0.588. The van der Waals surface area contributed by atoms with Crippen LogP contribution in [0.2, 0.25) is 0 Å². The minimum atomic E-state index is -1.03. The van der Waals surface area contributed by atoms with E-state index in [2.05, 4.69) is 10.5 Å². The van der Waals surface area contributed by atoms with E-state index in [0.29, 0.717) is 22.6 Å². The Kier molecular flexibility index (Phi) is 5.79. The molecule has 3 aromatic rings. The molecular weight excluding hydrogens is 378 g/mol. The van der Waals surface area contributed by atoms with Gasteiger partial charge in [-0.15, -0.1) is 0 Å². The minimum Gasteiger partial charge on any atom is -0.478 e. The van der Waals surface area contributed by atoms with E-state index in [-0.39, 0.29) is 17.7 Å². The SMILES string of the molecule is O=C(Cc1ccc([N+](=O)[O-])cc1)N/N=C\c1ccc(-c2cccc(C(=O)O)c2)o1. The summed E-state index contributed by atoms with van der Waals surface area (Å²) in [5.41, 5.74) is 3.66. The van der Waals surface area contributed by atoms with E-state index in [1.165, 1.54) is 42.6 Å². The van der Waals surface area contributed by atoms with Gasteiger partial charge in [-0.1, -0.05) is 24.3 Å². The number of aromatic carboxylic acids is 1. The van der Waals surface area contributed by atoms with Crippen LogP contribution in [-0.2, 0) is 11.2 Å². The lowest BCUT2D eigenvalue weighted by molar-refractivity contribution is -0.384. The van der Waals surface area contributed by atoms with E-state index in [1.54, 1.807) is 24.3 Å². The maximum absolute atomic E-state index is 11.9. The van der Waals surface area contributed by atoms with Crippen LogP contribution in [0, 0.1) is 10.1 Å². The van der Waals surface area contributed by atoms with Gasteiger partial charge in [0.1, 0.15) is 11.5 Å². The van der Waals surface area contributed by atoms with Crippen LogP contribution >= 0.6 is 0 Å². The van der Waals surface area contributed by atoms with Crippen molar-refractivity contribution in [2.24, 2.45) is 5.10 Å². The lowest BCUT2D eigenvalue weighted by Crippen LogP contribution is -2.19. The van der Waals surface area contributed by atoms with Crippen molar-refractivity contribution in [2.45, 2.75) is 6.42 Å². The van der Waals surface area contributed by atoms with Crippen molar-refractivity contribution in [1.82, 2.24) is 5.43 Å². The number of carbonyl (C=O) groups excluding carboxylic acids is 1. The number of furan rings is 1. The van der Waals surface area contributed by atoms with Crippen molar-refractivity contribution < 1.29 is 24.0 Å². The molecule has 9 heteroatoms. The van der Waals surface area contributed by atoms with Crippen LogP contribution in [0.15, 0.2) is 70.2 Å². The molecule has 29 heavy (non-hydrogen) atoms. The number of nitro benzene ring substituents is 1. The summed E-state index contributed by atoms with van der Waals surface area (Å²) < 4.78 is 5.58. The zero-order valence-corrected chi connectivity index (χ0v) is 14.9. The van der Waals surface area contributed by atoms with Crippen molar-refractivity contribution in [3.63, 3.8) is 0 Å². The molecule has 0 radical (unpaired) electrons. The first-order valence-electron chi connectivity index (χ1n) is 8.41. The predicted octanol–water partition coefficient (Wildman–Crippen LogP) is 3.25. The molecule has 0 spiro atoms. The van der Waals surface area contributed by atoms with E-state index in [9.17, 15) is 19.7 Å². The molecule has 2 N–H and O–H groups in total. The fourth-order valence-corrected chi connectivity index (χ4v) is 2.51. The van der Waals surface area contributed by atoms with Gasteiger partial charge in [0.05, 0.1) is 23.1 Å². The predicted molar refractivity (Wildman–Crippen MR) is 104 cm³/mol. The molecule has 3 rings (SSSR count). The minimum absolute atomic E-state index is 0.0146. The highest BCUT2D eigenvalue weighted by Gasteiger charge is 2.09. The zero-order chi connectivity index (χ0) is 20.8. The Hall–Kier alpha value is -4.27. The first-order valence-corrected chi connectivity index (χ1v) is 8.41. The van der Waals surface area contributed by atoms with Gasteiger partial charge < -0.3 is 9.52 Å². The molecule has 0 unspecified atom stereocenters. The van der Waals surface area contributed by atoms with Crippen molar-refractivity contribution in [2.75, 3.05) is 0 Å². The average Bonchev–Trinajstić information content (AvgIpc) is 3.17. The van der Waals surface area contributed by atoms with Crippen molar-refractivity contribution in [3.8, 4) is 11.3 Å². The monoisotopic (exact) mass is 393 g/mol. The number of hydrogen-bond donors (Lipinski definition) is 2. The topological polar surface area (TPSA) is 135 Å². The Labute approximate surface area is 164 Å². The van der Waals surface area contributed by atoms with Gasteiger partial charge in [-0.2, -0.15) is 5.10 Å². The molecule has 2 aromatic carbocycles. The number of carboxylic acid groups (broad SMARTS) is 1. The molecule has 0 saturated carbocycles. The van der Waals surface area contributed by atoms with E-state index in [1.807, 2.05) is 0 Å². The van der Waals surface area contributed by atoms with Gasteiger partial charge in [-0.25, -0.2) is 10.2 Å². The van der Waals surface area contributed by atoms with E-state index >= 15 is 0 Å². The van der Waals surface area contributed by atoms with Gasteiger partial charge >= 0.3 is 5.97 Å². The largest absolute Gasteiger partial charge is 0.478 e. The highest BCUT2D eigenvalue weighted by Crippen LogP contribution is 2.22. The first kappa shape index (κ1) is 19.5. The summed E-state index contributed by atoms with van der Waals surface area (Å²) in [6, 6.07) is 15.3. The number of nitro groups is 1. The Morgan fingerprint density at radius 1 is 1.14 bits per heavy atom. The smallest absolute Gasteiger partial charge is 0.335 e. The standard InChI is InChI=1S/C20H15N3O6/c24-19(10-13-4-6-16(7-5-13)23(27)28)22-21-12-17-8-9-18(29-17)14-2-1-3-15(11-14)20(25)26/h1-9,11-12H,10H2,(H,22,24)(H,25,26)/b21-12-. The second kappa shape index (κ2) is 8.61. The Morgan fingerprint density at radius 2 is 1.90 bits per heavy atom. The highest BCUT2D eigenvalue weighted by molar-refractivity contribution is 5.89. The second-order valence-electron chi connectivity index (χ2n) is 5.98. The number of rotatable bonds is 7. The van der Waals surface area contributed by atoms with E-state index in [4.69, 9.17) is 9.52 Å². The Morgan fingerprint density at radius 3 is 2.59 bits per heavy atom. The molecule has 0 aliphatic heterocycles. The molecular formula is C20H15N3O6. The summed E-state index contributed by atoms with van der Waals surface area (Å²) >= 11 is 0. The number of benzene rings is 2. The van der Waals surface area contributed by atoms with Crippen LogP contribution in [0.4, 0.5) is 5.69 Å². The summed E-state index contributed by atoms with van der Waals surface area (Å²) in [6.07, 6.45) is 1.33. The third kappa shape index (κ3) is 5.13. The lowest BCUT2D eigenvalue weighted by Gasteiger charge is -2.00. The maximum Gasteiger partial charge on any atom is 0.335 e. The maximum atomic E-state index is 11.9. The lowest BCUT2D eigenvalue weighted by atomic mass is 10.1. The van der Waals surface area contributed by atoms with Gasteiger partial charge in [0, 0.05) is 17.7 Å². The van der Waals surface area contributed by atoms with E-state index < -0.39 is 16.8 Å². The number of hydrogen-bond acceptors (Lipinski definition) is 6. The zero-order valence-electron chi connectivity index (χ0n) is 14.9. The quantitative estimate of drug-likeness (QED) is 0.359. The van der Waals surface area contributed by atoms with Gasteiger partial charge in [-0.3, -0.25) is 14.9 Å². The van der Waals surface area contributed by atoms with Crippen LogP contribution < -0.4 is 5.43 Å². The number of nitrogens with zero attached hydrogens (tertiary/aromatic N) is 2. The molecule has 0 aliphatic carbocycles. The molecule has 0 bridgehead atoms. The number of non-ortho nitro benzene ring substituents is 1. The summed E-state index contributed by atoms with van der Waals surface area (Å²) in [4.78, 5) is 33.1. The second-order valence-corrected chi connectivity index (χ2v) is 5.98. The third-order valence-corrected chi connectivity index (χ3v) is 3.91. The molecule has 9 nitrogen and oxygen atoms in total. The molecule has 1 amide bonds. The first-order chi connectivity index (χ1) is 13.9. The van der Waals surface area contributed by atoms with Crippen LogP contribution in [0.1, 0.15) is 21.7 Å². The fourth-order valence-electron chi connectivity index (χ4n) is 2.51. The highest BCUT2D eigenvalue weighted by atomic mass is 16.6. The molecule has 0 saturated heterocycles. The molecule has 1 aromatic heterocycles. The summed E-state index contributed by atoms with van der Waals surface area (Å²) in [6.45, 7) is 0. The normalized spacial score (nSPS) is 10.8. The number of hydrazone groups is 1. The number of carbonyl (C=O) groups is 2. The Balaban J connectivity index is 1.58. The van der Waals surface area contributed by atoms with Crippen LogP contribution in [0.5, 0.6) is 0 Å². The fraction of sp³-hybridized carbons (Fsp3) is 0.0500. The van der Waals surface area contributed by atoms with Crippen LogP contribution in [0.25, 0.3) is 11.3 Å². The van der Waals surface area contributed by atoms with Gasteiger partial charge in [0.15, 0.2) is 0 Å². The van der Waals surface area contributed by atoms with Crippen molar-refractivity contribution in [3.05, 3.63) is 87.7 Å². The van der Waals surface area contributed by atoms with Crippen LogP contribution in [-0.4, -0.2) is 28.1 Å². The number of amides is 1.